The summed E-state index contributed by atoms with van der Waals surface area (Å²) < 4.78 is 15.3. The Balaban J connectivity index is 2.01. The average molecular weight is 275 g/mol. The largest absolute Gasteiger partial charge is 0.355 e. The fourth-order valence-electron chi connectivity index (χ4n) is 2.10. The smallest absolute Gasteiger partial charge is 0.203 e. The molecule has 1 aromatic carbocycles. The maximum atomic E-state index is 13.2. The van der Waals surface area contributed by atoms with Crippen molar-refractivity contribution in [1.29, 1.82) is 0 Å². The van der Waals surface area contributed by atoms with Crippen molar-refractivity contribution in [2.24, 2.45) is 5.92 Å². The molecule has 0 saturated heterocycles. The van der Waals surface area contributed by atoms with Gasteiger partial charge in [0.1, 0.15) is 5.82 Å². The number of nitrogens with one attached hydrogen (secondary N) is 1. The highest BCUT2D eigenvalue weighted by molar-refractivity contribution is 5.29. The van der Waals surface area contributed by atoms with Gasteiger partial charge in [0.2, 0.25) is 5.95 Å². The van der Waals surface area contributed by atoms with Gasteiger partial charge >= 0.3 is 0 Å². The number of rotatable bonds is 6. The second-order valence-corrected chi connectivity index (χ2v) is 5.55. The van der Waals surface area contributed by atoms with E-state index >= 15 is 0 Å². The van der Waals surface area contributed by atoms with E-state index in [1.165, 1.54) is 6.07 Å². The molecule has 3 nitrogen and oxygen atoms in total. The molecule has 1 heterocycles. The Labute approximate surface area is 119 Å². The summed E-state index contributed by atoms with van der Waals surface area (Å²) in [4.78, 5) is 4.49. The van der Waals surface area contributed by atoms with Crippen LogP contribution in [0.1, 0.15) is 25.1 Å². The lowest BCUT2D eigenvalue weighted by Gasteiger charge is -2.11. The minimum absolute atomic E-state index is 0.178. The van der Waals surface area contributed by atoms with Crippen LogP contribution in [0.15, 0.2) is 30.5 Å². The average Bonchev–Trinajstić information content (AvgIpc) is 2.74. The van der Waals surface area contributed by atoms with Gasteiger partial charge in [-0.3, -0.25) is 0 Å². The van der Waals surface area contributed by atoms with Crippen molar-refractivity contribution in [3.63, 3.8) is 0 Å². The standard InChI is InChI=1S/C16H22FN3/c1-12(2)10-18-16-19-13(3)11-20(16)8-7-14-5-4-6-15(17)9-14/h4-6,9,11-12H,7-8,10H2,1-3H3,(H,18,19). The van der Waals surface area contributed by atoms with Gasteiger partial charge in [0, 0.05) is 19.3 Å². The lowest BCUT2D eigenvalue weighted by atomic mass is 10.1. The molecule has 2 rings (SSSR count). The van der Waals surface area contributed by atoms with Crippen molar-refractivity contribution in [3.8, 4) is 0 Å². The second-order valence-electron chi connectivity index (χ2n) is 5.55. The molecule has 0 radical (unpaired) electrons. The van der Waals surface area contributed by atoms with Gasteiger partial charge in [0.15, 0.2) is 0 Å². The predicted octanol–water partition coefficient (Wildman–Crippen LogP) is 3.64. The zero-order valence-electron chi connectivity index (χ0n) is 12.4. The van der Waals surface area contributed by atoms with E-state index in [-0.39, 0.29) is 5.82 Å². The number of aromatic nitrogens is 2. The highest BCUT2D eigenvalue weighted by Crippen LogP contribution is 2.12. The summed E-state index contributed by atoms with van der Waals surface area (Å²) >= 11 is 0. The SMILES string of the molecule is Cc1cn(CCc2cccc(F)c2)c(NCC(C)C)n1. The third-order valence-electron chi connectivity index (χ3n) is 3.10. The molecule has 0 atom stereocenters. The Morgan fingerprint density at radius 3 is 2.85 bits per heavy atom. The summed E-state index contributed by atoms with van der Waals surface area (Å²) in [5.74, 6) is 1.29. The van der Waals surface area contributed by atoms with Gasteiger partial charge in [0.05, 0.1) is 5.69 Å². The Hall–Kier alpha value is -1.84. The number of hydrogen-bond donors (Lipinski definition) is 1. The zero-order chi connectivity index (χ0) is 14.5. The summed E-state index contributed by atoms with van der Waals surface area (Å²) in [6, 6.07) is 6.77. The molecule has 1 aromatic heterocycles. The Morgan fingerprint density at radius 1 is 1.35 bits per heavy atom. The molecule has 2 aromatic rings. The van der Waals surface area contributed by atoms with E-state index in [9.17, 15) is 4.39 Å². The normalized spacial score (nSPS) is 11.1. The first-order valence-corrected chi connectivity index (χ1v) is 7.06. The number of nitrogens with zero attached hydrogens (tertiary/aromatic N) is 2. The van der Waals surface area contributed by atoms with Crippen molar-refractivity contribution < 1.29 is 4.39 Å². The van der Waals surface area contributed by atoms with Crippen LogP contribution in [0.4, 0.5) is 10.3 Å². The maximum absolute atomic E-state index is 13.2. The third kappa shape index (κ3) is 4.08. The van der Waals surface area contributed by atoms with Gasteiger partial charge in [-0.15, -0.1) is 0 Å². The fourth-order valence-corrected chi connectivity index (χ4v) is 2.10. The monoisotopic (exact) mass is 275 g/mol. The molecule has 0 aliphatic heterocycles. The van der Waals surface area contributed by atoms with Crippen molar-refractivity contribution in [2.45, 2.75) is 33.7 Å². The Bertz CT molecular complexity index is 561. The lowest BCUT2D eigenvalue weighted by Crippen LogP contribution is -2.13. The van der Waals surface area contributed by atoms with E-state index in [1.54, 1.807) is 12.1 Å². The number of benzene rings is 1. The van der Waals surface area contributed by atoms with Gasteiger partial charge in [-0.25, -0.2) is 9.37 Å². The summed E-state index contributed by atoms with van der Waals surface area (Å²) in [6.07, 6.45) is 2.83. The predicted molar refractivity (Wildman–Crippen MR) is 80.4 cm³/mol. The van der Waals surface area contributed by atoms with Crippen LogP contribution in [-0.4, -0.2) is 16.1 Å². The molecule has 0 aliphatic carbocycles. The van der Waals surface area contributed by atoms with Crippen molar-refractivity contribution >= 4 is 5.95 Å². The number of imidazole rings is 1. The molecule has 0 aliphatic rings. The van der Waals surface area contributed by atoms with E-state index in [2.05, 4.69) is 28.7 Å². The summed E-state index contributed by atoms with van der Waals surface area (Å²) in [7, 11) is 0. The van der Waals surface area contributed by atoms with Crippen LogP contribution in [0.5, 0.6) is 0 Å². The van der Waals surface area contributed by atoms with E-state index in [4.69, 9.17) is 0 Å². The molecule has 108 valence electrons. The van der Waals surface area contributed by atoms with E-state index < -0.39 is 0 Å². The molecule has 0 unspecified atom stereocenters. The van der Waals surface area contributed by atoms with Gasteiger partial charge in [0.25, 0.3) is 0 Å². The molecule has 4 heteroatoms. The summed E-state index contributed by atoms with van der Waals surface area (Å²) in [5.41, 5.74) is 2.00. The molecule has 0 amide bonds. The molecule has 1 N–H and O–H groups in total. The molecule has 0 spiro atoms. The maximum Gasteiger partial charge on any atom is 0.203 e. The van der Waals surface area contributed by atoms with Crippen molar-refractivity contribution in [1.82, 2.24) is 9.55 Å². The van der Waals surface area contributed by atoms with Gasteiger partial charge in [-0.2, -0.15) is 0 Å². The van der Waals surface area contributed by atoms with Crippen LogP contribution < -0.4 is 5.32 Å². The van der Waals surface area contributed by atoms with Gasteiger partial charge in [-0.05, 0) is 37.0 Å². The van der Waals surface area contributed by atoms with Crippen LogP contribution in [0, 0.1) is 18.7 Å². The fraction of sp³-hybridized carbons (Fsp3) is 0.438. The third-order valence-corrected chi connectivity index (χ3v) is 3.10. The molecule has 0 bridgehead atoms. The first-order valence-electron chi connectivity index (χ1n) is 7.06. The number of hydrogen-bond acceptors (Lipinski definition) is 2. The van der Waals surface area contributed by atoms with Crippen molar-refractivity contribution in [3.05, 3.63) is 47.5 Å². The number of halogens is 1. The van der Waals surface area contributed by atoms with Gasteiger partial charge in [-0.1, -0.05) is 26.0 Å². The van der Waals surface area contributed by atoms with Crippen LogP contribution in [-0.2, 0) is 13.0 Å². The minimum Gasteiger partial charge on any atom is -0.355 e. The topological polar surface area (TPSA) is 29.9 Å². The highest BCUT2D eigenvalue weighted by Gasteiger charge is 2.06. The van der Waals surface area contributed by atoms with Crippen LogP contribution in [0.25, 0.3) is 0 Å². The first-order chi connectivity index (χ1) is 9.54. The van der Waals surface area contributed by atoms with Gasteiger partial charge < -0.3 is 9.88 Å². The first kappa shape index (κ1) is 14.6. The lowest BCUT2D eigenvalue weighted by molar-refractivity contribution is 0.621. The minimum atomic E-state index is -0.178. The molecular weight excluding hydrogens is 253 g/mol. The van der Waals surface area contributed by atoms with Crippen LogP contribution in [0.3, 0.4) is 0 Å². The van der Waals surface area contributed by atoms with Crippen molar-refractivity contribution in [2.75, 3.05) is 11.9 Å². The van der Waals surface area contributed by atoms with Crippen LogP contribution in [0.2, 0.25) is 0 Å². The Kier molecular flexibility index (Phi) is 4.77. The highest BCUT2D eigenvalue weighted by atomic mass is 19.1. The second kappa shape index (κ2) is 6.55. The molecule has 0 saturated carbocycles. The molecule has 20 heavy (non-hydrogen) atoms. The zero-order valence-corrected chi connectivity index (χ0v) is 12.4. The summed E-state index contributed by atoms with van der Waals surface area (Å²) in [6.45, 7) is 8.01. The van der Waals surface area contributed by atoms with E-state index in [1.807, 2.05) is 19.2 Å². The Morgan fingerprint density at radius 2 is 2.15 bits per heavy atom. The molecule has 0 fully saturated rings. The molecular formula is C16H22FN3. The number of anilines is 1. The quantitative estimate of drug-likeness (QED) is 0.872. The van der Waals surface area contributed by atoms with Crippen LogP contribution >= 0.6 is 0 Å². The summed E-state index contributed by atoms with van der Waals surface area (Å²) in [5, 5.41) is 3.36. The van der Waals surface area contributed by atoms with E-state index in [0.29, 0.717) is 5.92 Å². The van der Waals surface area contributed by atoms with E-state index in [0.717, 1.165) is 36.7 Å². The number of aryl methyl sites for hydroxylation is 3.